The zero-order valence-corrected chi connectivity index (χ0v) is 13.1. The summed E-state index contributed by atoms with van der Waals surface area (Å²) < 4.78 is 12.6. The Labute approximate surface area is 96.4 Å². The SMILES string of the molecule is CCC(C)O[Si]1(C)CCC(C)O[Si]1(C)C. The van der Waals surface area contributed by atoms with E-state index in [1.807, 2.05) is 0 Å². The zero-order valence-electron chi connectivity index (χ0n) is 11.1. The summed E-state index contributed by atoms with van der Waals surface area (Å²) in [5.74, 6) is 0. The maximum atomic E-state index is 6.37. The quantitative estimate of drug-likeness (QED) is 0.710. The van der Waals surface area contributed by atoms with Crippen molar-refractivity contribution in [2.24, 2.45) is 0 Å². The van der Waals surface area contributed by atoms with E-state index in [4.69, 9.17) is 8.85 Å². The molecule has 0 amide bonds. The lowest BCUT2D eigenvalue weighted by atomic mass is 10.3. The molecule has 0 aromatic heterocycles. The van der Waals surface area contributed by atoms with E-state index in [1.165, 1.54) is 12.5 Å². The molecular formula is C11H26O2Si2. The Morgan fingerprint density at radius 1 is 1.40 bits per heavy atom. The largest absolute Gasteiger partial charge is 0.415 e. The lowest BCUT2D eigenvalue weighted by molar-refractivity contribution is 0.166. The van der Waals surface area contributed by atoms with Crippen molar-refractivity contribution in [2.45, 2.75) is 71.5 Å². The molecule has 90 valence electrons. The maximum Gasteiger partial charge on any atom is 0.208 e. The van der Waals surface area contributed by atoms with E-state index < -0.39 is 15.7 Å². The van der Waals surface area contributed by atoms with Gasteiger partial charge < -0.3 is 8.85 Å². The van der Waals surface area contributed by atoms with Crippen LogP contribution >= 0.6 is 0 Å². The van der Waals surface area contributed by atoms with Gasteiger partial charge in [-0.3, -0.25) is 0 Å². The Hall–Kier alpha value is 0.354. The maximum absolute atomic E-state index is 6.37. The minimum atomic E-state index is -1.57. The van der Waals surface area contributed by atoms with Crippen LogP contribution in [0.5, 0.6) is 0 Å². The molecule has 4 heteroatoms. The molecule has 0 aliphatic carbocycles. The van der Waals surface area contributed by atoms with Crippen molar-refractivity contribution in [3.05, 3.63) is 0 Å². The smallest absolute Gasteiger partial charge is 0.208 e. The summed E-state index contributed by atoms with van der Waals surface area (Å²) in [5.41, 5.74) is 0. The van der Waals surface area contributed by atoms with Gasteiger partial charge in [-0.2, -0.15) is 0 Å². The van der Waals surface area contributed by atoms with E-state index in [0.29, 0.717) is 12.2 Å². The Bertz CT molecular complexity index is 221. The fourth-order valence-corrected chi connectivity index (χ4v) is 11.6. The zero-order chi connectivity index (χ0) is 11.7. The summed E-state index contributed by atoms with van der Waals surface area (Å²) in [7, 11) is -3.14. The van der Waals surface area contributed by atoms with Crippen molar-refractivity contribution < 1.29 is 8.85 Å². The number of hydrogen-bond donors (Lipinski definition) is 0. The summed E-state index contributed by atoms with van der Waals surface area (Å²) in [6, 6.07) is 1.29. The van der Waals surface area contributed by atoms with Crippen LogP contribution in [0.3, 0.4) is 0 Å². The normalized spacial score (nSPS) is 37.6. The van der Waals surface area contributed by atoms with Gasteiger partial charge >= 0.3 is 0 Å². The first kappa shape index (κ1) is 13.4. The Morgan fingerprint density at radius 3 is 2.47 bits per heavy atom. The van der Waals surface area contributed by atoms with Crippen molar-refractivity contribution in [3.8, 4) is 0 Å². The van der Waals surface area contributed by atoms with Crippen molar-refractivity contribution >= 4 is 15.7 Å². The van der Waals surface area contributed by atoms with Gasteiger partial charge in [0.25, 0.3) is 0 Å². The third kappa shape index (κ3) is 2.93. The first-order valence-corrected chi connectivity index (χ1v) is 12.7. The highest BCUT2D eigenvalue weighted by Crippen LogP contribution is 2.35. The van der Waals surface area contributed by atoms with Gasteiger partial charge in [-0.1, -0.05) is 6.92 Å². The molecule has 0 spiro atoms. The molecule has 0 saturated carbocycles. The van der Waals surface area contributed by atoms with Crippen LogP contribution in [0.2, 0.25) is 25.7 Å². The predicted octanol–water partition coefficient (Wildman–Crippen LogP) is 3.47. The summed E-state index contributed by atoms with van der Waals surface area (Å²) in [6.07, 6.45) is 3.16. The van der Waals surface area contributed by atoms with Crippen molar-refractivity contribution in [3.63, 3.8) is 0 Å². The van der Waals surface area contributed by atoms with Gasteiger partial charge in [0.1, 0.15) is 0 Å². The first-order valence-electron chi connectivity index (χ1n) is 6.16. The number of rotatable bonds is 3. The summed E-state index contributed by atoms with van der Waals surface area (Å²) in [5, 5.41) is 0. The van der Waals surface area contributed by atoms with Gasteiger partial charge in [-0.25, -0.2) is 0 Å². The molecule has 1 aliphatic heterocycles. The molecule has 3 unspecified atom stereocenters. The van der Waals surface area contributed by atoms with E-state index in [2.05, 4.69) is 40.4 Å². The molecule has 0 radical (unpaired) electrons. The highest BCUT2D eigenvalue weighted by Gasteiger charge is 2.52. The van der Waals surface area contributed by atoms with Gasteiger partial charge in [0, 0.05) is 12.2 Å². The minimum absolute atomic E-state index is 0.408. The fraction of sp³-hybridized carbons (Fsp3) is 1.00. The predicted molar refractivity (Wildman–Crippen MR) is 69.9 cm³/mol. The highest BCUT2D eigenvalue weighted by atomic mass is 29.3. The minimum Gasteiger partial charge on any atom is -0.415 e. The van der Waals surface area contributed by atoms with Gasteiger partial charge in [-0.05, 0) is 52.4 Å². The molecule has 0 aromatic rings. The van der Waals surface area contributed by atoms with Crippen LogP contribution in [0.4, 0.5) is 0 Å². The molecule has 1 saturated heterocycles. The van der Waals surface area contributed by atoms with Gasteiger partial charge in [0.15, 0.2) is 0 Å². The van der Waals surface area contributed by atoms with E-state index in [1.54, 1.807) is 0 Å². The summed E-state index contributed by atoms with van der Waals surface area (Å²) >= 11 is 0. The second kappa shape index (κ2) is 4.69. The highest BCUT2D eigenvalue weighted by molar-refractivity contribution is 7.36. The molecule has 0 bridgehead atoms. The average Bonchev–Trinajstić information content (AvgIpc) is 2.12. The van der Waals surface area contributed by atoms with Crippen molar-refractivity contribution in [1.29, 1.82) is 0 Å². The van der Waals surface area contributed by atoms with Crippen LogP contribution in [-0.4, -0.2) is 27.9 Å². The van der Waals surface area contributed by atoms with Crippen LogP contribution in [0.25, 0.3) is 0 Å². The molecule has 1 heterocycles. The van der Waals surface area contributed by atoms with Crippen LogP contribution in [0.15, 0.2) is 0 Å². The third-order valence-electron chi connectivity index (χ3n) is 3.83. The molecule has 3 atom stereocenters. The van der Waals surface area contributed by atoms with Crippen LogP contribution in [-0.2, 0) is 8.85 Å². The molecule has 0 N–H and O–H groups in total. The molecule has 1 aliphatic rings. The fourth-order valence-electron chi connectivity index (χ4n) is 2.19. The lowest BCUT2D eigenvalue weighted by Gasteiger charge is -2.47. The second-order valence-electron chi connectivity index (χ2n) is 5.55. The molecule has 2 nitrogen and oxygen atoms in total. The van der Waals surface area contributed by atoms with E-state index in [-0.39, 0.29) is 0 Å². The topological polar surface area (TPSA) is 18.5 Å². The Kier molecular flexibility index (Phi) is 4.20. The Balaban J connectivity index is 2.73. The van der Waals surface area contributed by atoms with Crippen molar-refractivity contribution in [1.82, 2.24) is 0 Å². The van der Waals surface area contributed by atoms with Gasteiger partial charge in [0.05, 0.1) is 0 Å². The van der Waals surface area contributed by atoms with E-state index in [9.17, 15) is 0 Å². The average molecular weight is 246 g/mol. The summed E-state index contributed by atoms with van der Waals surface area (Å²) in [4.78, 5) is 0. The van der Waals surface area contributed by atoms with E-state index >= 15 is 0 Å². The van der Waals surface area contributed by atoms with Gasteiger partial charge in [-0.15, -0.1) is 0 Å². The van der Waals surface area contributed by atoms with Gasteiger partial charge in [0.2, 0.25) is 15.7 Å². The monoisotopic (exact) mass is 246 g/mol. The van der Waals surface area contributed by atoms with Crippen LogP contribution in [0, 0.1) is 0 Å². The molecule has 1 rings (SSSR count). The standard InChI is InChI=1S/C11H26O2Si2/c1-7-10(2)13-15(6)9-8-11(3)12-14(15,4)5/h10-11H,7-9H2,1-6H3. The lowest BCUT2D eigenvalue weighted by Crippen LogP contribution is -2.65. The molecule has 15 heavy (non-hydrogen) atoms. The first-order chi connectivity index (χ1) is 6.81. The molecule has 0 aromatic carbocycles. The number of hydrogen-bond acceptors (Lipinski definition) is 2. The third-order valence-corrected chi connectivity index (χ3v) is 18.6. The van der Waals surface area contributed by atoms with E-state index in [0.717, 1.165) is 6.42 Å². The van der Waals surface area contributed by atoms with Crippen LogP contribution in [0.1, 0.15) is 33.6 Å². The second-order valence-corrected chi connectivity index (χ2v) is 18.8. The molecule has 1 fully saturated rings. The Morgan fingerprint density at radius 2 is 2.00 bits per heavy atom. The molecular weight excluding hydrogens is 220 g/mol. The van der Waals surface area contributed by atoms with Crippen LogP contribution < -0.4 is 0 Å². The summed E-state index contributed by atoms with van der Waals surface area (Å²) in [6.45, 7) is 13.7. The van der Waals surface area contributed by atoms with Crippen molar-refractivity contribution in [2.75, 3.05) is 0 Å².